The van der Waals surface area contributed by atoms with Gasteiger partial charge in [-0.2, -0.15) is 0 Å². The zero-order chi connectivity index (χ0) is 10.2. The van der Waals surface area contributed by atoms with E-state index in [9.17, 15) is 0 Å². The quantitative estimate of drug-likeness (QED) is 0.738. The van der Waals surface area contributed by atoms with Gasteiger partial charge in [0.05, 0.1) is 11.9 Å². The monoisotopic (exact) mass is 191 g/mol. The van der Waals surface area contributed by atoms with Crippen molar-refractivity contribution >= 4 is 11.3 Å². The fraction of sp³-hybridized carbons (Fsp3) is 0.556. The van der Waals surface area contributed by atoms with E-state index in [2.05, 4.69) is 46.1 Å². The number of H-pyrrole nitrogens is 1. The molecule has 2 heterocycles. The predicted molar refractivity (Wildman–Crippen MR) is 52.6 cm³/mol. The minimum Gasteiger partial charge on any atom is -0.239 e. The molecule has 2 rings (SSSR count). The summed E-state index contributed by atoms with van der Waals surface area (Å²) in [5.41, 5.74) is 2.40. The number of rotatable bonds is 1. The number of nitrogens with one attached hydrogen (secondary N) is 1. The van der Waals surface area contributed by atoms with Crippen molar-refractivity contribution in [1.82, 2.24) is 25.4 Å². The van der Waals surface area contributed by atoms with Crippen LogP contribution in [0.1, 0.15) is 26.5 Å². The lowest BCUT2D eigenvalue weighted by Crippen LogP contribution is -2.10. The molecule has 0 aliphatic carbocycles. The smallest absolute Gasteiger partial charge is 0.221 e. The first kappa shape index (κ1) is 9.05. The SMILES string of the molecule is CC(C)(C)Cc1cnc2[nH]nnc2n1. The zero-order valence-electron chi connectivity index (χ0n) is 8.57. The van der Waals surface area contributed by atoms with Gasteiger partial charge in [-0.1, -0.05) is 26.0 Å². The Morgan fingerprint density at radius 2 is 2.14 bits per heavy atom. The molecular weight excluding hydrogens is 178 g/mol. The van der Waals surface area contributed by atoms with Crippen molar-refractivity contribution in [2.75, 3.05) is 0 Å². The third-order valence-corrected chi connectivity index (χ3v) is 1.82. The van der Waals surface area contributed by atoms with Gasteiger partial charge in [0.15, 0.2) is 5.65 Å². The Morgan fingerprint density at radius 1 is 1.36 bits per heavy atom. The molecule has 0 saturated carbocycles. The highest BCUT2D eigenvalue weighted by atomic mass is 15.4. The van der Waals surface area contributed by atoms with Gasteiger partial charge in [0.1, 0.15) is 0 Å². The molecule has 0 saturated heterocycles. The van der Waals surface area contributed by atoms with Gasteiger partial charge in [-0.25, -0.2) is 15.1 Å². The molecule has 0 aliphatic heterocycles. The lowest BCUT2D eigenvalue weighted by atomic mass is 9.91. The fourth-order valence-corrected chi connectivity index (χ4v) is 1.31. The van der Waals surface area contributed by atoms with Crippen LogP contribution in [0.5, 0.6) is 0 Å². The van der Waals surface area contributed by atoms with Gasteiger partial charge < -0.3 is 0 Å². The van der Waals surface area contributed by atoms with E-state index in [1.54, 1.807) is 6.20 Å². The Kier molecular flexibility index (Phi) is 1.94. The molecule has 0 radical (unpaired) electrons. The summed E-state index contributed by atoms with van der Waals surface area (Å²) in [5, 5.41) is 10.1. The summed E-state index contributed by atoms with van der Waals surface area (Å²) in [5.74, 6) is 0. The molecule has 74 valence electrons. The van der Waals surface area contributed by atoms with Gasteiger partial charge >= 0.3 is 0 Å². The van der Waals surface area contributed by atoms with Gasteiger partial charge in [0, 0.05) is 0 Å². The predicted octanol–water partition coefficient (Wildman–Crippen LogP) is 1.34. The van der Waals surface area contributed by atoms with Crippen LogP contribution in [0.2, 0.25) is 0 Å². The Balaban J connectivity index is 2.35. The van der Waals surface area contributed by atoms with Crippen molar-refractivity contribution in [2.24, 2.45) is 5.41 Å². The molecule has 0 spiro atoms. The molecule has 5 heteroatoms. The Morgan fingerprint density at radius 3 is 2.86 bits per heavy atom. The van der Waals surface area contributed by atoms with Gasteiger partial charge in [-0.05, 0) is 11.8 Å². The van der Waals surface area contributed by atoms with Crippen molar-refractivity contribution in [3.05, 3.63) is 11.9 Å². The minimum atomic E-state index is 0.214. The number of aromatic amines is 1. The molecule has 0 atom stereocenters. The van der Waals surface area contributed by atoms with Crippen LogP contribution >= 0.6 is 0 Å². The van der Waals surface area contributed by atoms with Crippen LogP contribution in [0.3, 0.4) is 0 Å². The van der Waals surface area contributed by atoms with E-state index >= 15 is 0 Å². The summed E-state index contributed by atoms with van der Waals surface area (Å²) < 4.78 is 0. The molecule has 1 N–H and O–H groups in total. The number of nitrogens with zero attached hydrogens (tertiary/aromatic N) is 4. The second-order valence-electron chi connectivity index (χ2n) is 4.58. The molecule has 2 aromatic rings. The van der Waals surface area contributed by atoms with Crippen LogP contribution in [0.4, 0.5) is 0 Å². The fourth-order valence-electron chi connectivity index (χ4n) is 1.31. The lowest BCUT2D eigenvalue weighted by Gasteiger charge is -2.16. The zero-order valence-corrected chi connectivity index (χ0v) is 8.57. The van der Waals surface area contributed by atoms with Crippen molar-refractivity contribution in [1.29, 1.82) is 0 Å². The number of hydrogen-bond acceptors (Lipinski definition) is 4. The van der Waals surface area contributed by atoms with Crippen LogP contribution in [0, 0.1) is 5.41 Å². The second kappa shape index (κ2) is 3.01. The standard InChI is InChI=1S/C9H13N5/c1-9(2,3)4-6-5-10-7-8(11-6)13-14-12-7/h5H,4H2,1-3H3,(H,10,11,12,13,14). The molecule has 2 aromatic heterocycles. The van der Waals surface area contributed by atoms with Gasteiger partial charge in [-0.3, -0.25) is 0 Å². The van der Waals surface area contributed by atoms with E-state index in [0.717, 1.165) is 12.1 Å². The van der Waals surface area contributed by atoms with E-state index in [1.807, 2.05) is 0 Å². The van der Waals surface area contributed by atoms with Crippen LogP contribution in [0.15, 0.2) is 6.20 Å². The van der Waals surface area contributed by atoms with Crippen molar-refractivity contribution in [2.45, 2.75) is 27.2 Å². The highest BCUT2D eigenvalue weighted by molar-refractivity contribution is 5.62. The average Bonchev–Trinajstić information content (AvgIpc) is 2.47. The molecule has 0 bridgehead atoms. The van der Waals surface area contributed by atoms with Crippen LogP contribution in [0.25, 0.3) is 11.3 Å². The van der Waals surface area contributed by atoms with Crippen LogP contribution < -0.4 is 0 Å². The topological polar surface area (TPSA) is 67.3 Å². The number of hydrogen-bond donors (Lipinski definition) is 1. The summed E-state index contributed by atoms with van der Waals surface area (Å²) in [6, 6.07) is 0. The van der Waals surface area contributed by atoms with Crippen LogP contribution in [-0.2, 0) is 6.42 Å². The van der Waals surface area contributed by atoms with Crippen molar-refractivity contribution in [3.8, 4) is 0 Å². The van der Waals surface area contributed by atoms with E-state index in [-0.39, 0.29) is 5.41 Å². The Labute approximate surface area is 82.0 Å². The van der Waals surface area contributed by atoms with Crippen molar-refractivity contribution in [3.63, 3.8) is 0 Å². The highest BCUT2D eigenvalue weighted by Crippen LogP contribution is 2.19. The average molecular weight is 191 g/mol. The summed E-state index contributed by atoms with van der Waals surface area (Å²) >= 11 is 0. The van der Waals surface area contributed by atoms with E-state index in [0.29, 0.717) is 11.3 Å². The molecule has 14 heavy (non-hydrogen) atoms. The third-order valence-electron chi connectivity index (χ3n) is 1.82. The summed E-state index contributed by atoms with van der Waals surface area (Å²) in [6.45, 7) is 6.50. The maximum Gasteiger partial charge on any atom is 0.221 e. The third kappa shape index (κ3) is 1.86. The van der Waals surface area contributed by atoms with Crippen molar-refractivity contribution < 1.29 is 0 Å². The molecule has 5 nitrogen and oxygen atoms in total. The second-order valence-corrected chi connectivity index (χ2v) is 4.58. The van der Waals surface area contributed by atoms with E-state index in [4.69, 9.17) is 0 Å². The highest BCUT2D eigenvalue weighted by Gasteiger charge is 2.13. The number of aromatic nitrogens is 5. The summed E-state index contributed by atoms with van der Waals surface area (Å²) in [4.78, 5) is 8.54. The van der Waals surface area contributed by atoms with Gasteiger partial charge in [0.25, 0.3) is 0 Å². The van der Waals surface area contributed by atoms with Gasteiger partial charge in [-0.15, -0.1) is 5.10 Å². The maximum atomic E-state index is 4.35. The normalized spacial score (nSPS) is 12.2. The lowest BCUT2D eigenvalue weighted by molar-refractivity contribution is 0.406. The van der Waals surface area contributed by atoms with E-state index in [1.165, 1.54) is 0 Å². The van der Waals surface area contributed by atoms with Gasteiger partial charge in [0.2, 0.25) is 5.65 Å². The molecule has 0 aliphatic rings. The minimum absolute atomic E-state index is 0.214. The number of fused-ring (bicyclic) bond motifs is 1. The first-order valence-electron chi connectivity index (χ1n) is 4.57. The molecule has 0 unspecified atom stereocenters. The Hall–Kier alpha value is -1.52. The molecule has 0 amide bonds. The molecule has 0 fully saturated rings. The maximum absolute atomic E-state index is 4.35. The Bertz CT molecular complexity index is 440. The summed E-state index contributed by atoms with van der Waals surface area (Å²) in [7, 11) is 0. The van der Waals surface area contributed by atoms with E-state index < -0.39 is 0 Å². The molecule has 0 aromatic carbocycles. The largest absolute Gasteiger partial charge is 0.239 e. The first-order valence-corrected chi connectivity index (χ1v) is 4.57. The van der Waals surface area contributed by atoms with Crippen LogP contribution in [-0.4, -0.2) is 25.4 Å². The first-order chi connectivity index (χ1) is 6.54. The summed E-state index contributed by atoms with van der Waals surface area (Å²) in [6.07, 6.45) is 2.66. The molecular formula is C9H13N5.